The molecule has 1 rings (SSSR count). The van der Waals surface area contributed by atoms with E-state index in [2.05, 4.69) is 4.74 Å². The minimum absolute atomic E-state index is 0. The van der Waals surface area contributed by atoms with Crippen molar-refractivity contribution < 1.29 is 52.1 Å². The molecule has 17 heavy (non-hydrogen) atoms. The van der Waals surface area contributed by atoms with Crippen molar-refractivity contribution in [2.24, 2.45) is 0 Å². The van der Waals surface area contributed by atoms with Gasteiger partial charge in [0.2, 0.25) is 0 Å². The maximum atomic E-state index is 10.8. The van der Waals surface area contributed by atoms with Crippen LogP contribution in [0.15, 0.2) is 35.2 Å². The molecule has 0 spiro atoms. The van der Waals surface area contributed by atoms with Crippen molar-refractivity contribution in [3.63, 3.8) is 0 Å². The molecule has 0 amide bonds. The topological polar surface area (TPSA) is 83.5 Å². The van der Waals surface area contributed by atoms with Gasteiger partial charge in [0.05, 0.1) is 12.0 Å². The summed E-state index contributed by atoms with van der Waals surface area (Å²) in [5.41, 5.74) is 0.433. The molecule has 0 aliphatic carbocycles. The van der Waals surface area contributed by atoms with Crippen LogP contribution in [0.3, 0.4) is 0 Å². The fourth-order valence-electron chi connectivity index (χ4n) is 1.01. The predicted molar refractivity (Wildman–Crippen MR) is 55.5 cm³/mol. The molecule has 0 saturated heterocycles. The zero-order chi connectivity index (χ0) is 12.2. The Morgan fingerprint density at radius 2 is 2.06 bits per heavy atom. The van der Waals surface area contributed by atoms with Gasteiger partial charge in [-0.05, 0) is 23.8 Å². The van der Waals surface area contributed by atoms with Crippen molar-refractivity contribution in [2.45, 2.75) is 4.90 Å². The second kappa shape index (κ2) is 6.93. The van der Waals surface area contributed by atoms with Crippen LogP contribution in [0.5, 0.6) is 0 Å². The molecule has 0 heterocycles. The fourth-order valence-corrected chi connectivity index (χ4v) is 1.53. The Morgan fingerprint density at radius 3 is 2.59 bits per heavy atom. The van der Waals surface area contributed by atoms with Gasteiger partial charge in [-0.25, -0.2) is 13.2 Å². The Morgan fingerprint density at radius 1 is 1.41 bits per heavy atom. The smallest absolute Gasteiger partial charge is 0.744 e. The van der Waals surface area contributed by atoms with E-state index in [1.165, 1.54) is 31.4 Å². The molecular formula is C10H9NaO5S. The quantitative estimate of drug-likeness (QED) is 0.267. The molecular weight excluding hydrogens is 255 g/mol. The fraction of sp³-hybridized carbons (Fsp3) is 0.100. The number of rotatable bonds is 3. The van der Waals surface area contributed by atoms with Crippen LogP contribution < -0.4 is 29.6 Å². The maximum absolute atomic E-state index is 10.8. The van der Waals surface area contributed by atoms with Crippen molar-refractivity contribution in [1.29, 1.82) is 0 Å². The molecule has 7 heteroatoms. The second-order valence-corrected chi connectivity index (χ2v) is 4.26. The van der Waals surface area contributed by atoms with Crippen LogP contribution in [0.4, 0.5) is 0 Å². The first-order chi connectivity index (χ1) is 7.43. The Labute approximate surface area is 122 Å². The van der Waals surface area contributed by atoms with Crippen LogP contribution in [0, 0.1) is 0 Å². The number of carbonyl (C=O) groups is 1. The van der Waals surface area contributed by atoms with Crippen LogP contribution in [-0.2, 0) is 19.6 Å². The summed E-state index contributed by atoms with van der Waals surface area (Å²) in [6.07, 6.45) is 2.50. The molecule has 0 radical (unpaired) electrons. The zero-order valence-electron chi connectivity index (χ0n) is 9.41. The first-order valence-corrected chi connectivity index (χ1v) is 5.66. The van der Waals surface area contributed by atoms with Gasteiger partial charge in [-0.1, -0.05) is 12.1 Å². The minimum Gasteiger partial charge on any atom is -0.744 e. The van der Waals surface area contributed by atoms with E-state index in [1.807, 2.05) is 0 Å². The Balaban J connectivity index is 0.00000256. The molecule has 0 aliphatic heterocycles. The third-order valence-electron chi connectivity index (χ3n) is 1.76. The second-order valence-electron chi connectivity index (χ2n) is 2.88. The summed E-state index contributed by atoms with van der Waals surface area (Å²) in [6, 6.07) is 5.36. The summed E-state index contributed by atoms with van der Waals surface area (Å²) in [7, 11) is -3.24. The summed E-state index contributed by atoms with van der Waals surface area (Å²) < 4.78 is 36.5. The number of hydrogen-bond donors (Lipinski definition) is 0. The monoisotopic (exact) mass is 264 g/mol. The molecule has 0 bridgehead atoms. The number of carbonyl (C=O) groups excluding carboxylic acids is 1. The summed E-state index contributed by atoms with van der Waals surface area (Å²) in [6.45, 7) is 0. The molecule has 0 N–H and O–H groups in total. The summed E-state index contributed by atoms with van der Waals surface area (Å²) >= 11 is 0. The average molecular weight is 264 g/mol. The van der Waals surface area contributed by atoms with E-state index in [0.717, 1.165) is 6.08 Å². The van der Waals surface area contributed by atoms with Crippen LogP contribution >= 0.6 is 0 Å². The van der Waals surface area contributed by atoms with Crippen molar-refractivity contribution in [3.8, 4) is 0 Å². The van der Waals surface area contributed by atoms with E-state index in [4.69, 9.17) is 0 Å². The van der Waals surface area contributed by atoms with E-state index >= 15 is 0 Å². The van der Waals surface area contributed by atoms with Gasteiger partial charge < -0.3 is 9.29 Å². The molecule has 0 aromatic heterocycles. The van der Waals surface area contributed by atoms with Gasteiger partial charge in [0.25, 0.3) is 0 Å². The Bertz CT molecular complexity index is 521. The Kier molecular flexibility index (Phi) is 6.66. The van der Waals surface area contributed by atoms with Crippen LogP contribution in [-0.4, -0.2) is 26.0 Å². The zero-order valence-corrected chi connectivity index (χ0v) is 12.2. The molecule has 0 aliphatic rings. The van der Waals surface area contributed by atoms with Gasteiger partial charge in [-0.15, -0.1) is 0 Å². The largest absolute Gasteiger partial charge is 1.00 e. The van der Waals surface area contributed by atoms with Gasteiger partial charge >= 0.3 is 35.5 Å². The van der Waals surface area contributed by atoms with Crippen LogP contribution in [0.1, 0.15) is 5.56 Å². The molecule has 0 fully saturated rings. The molecule has 1 aromatic rings. The van der Waals surface area contributed by atoms with Crippen molar-refractivity contribution in [3.05, 3.63) is 35.9 Å². The third kappa shape index (κ3) is 5.47. The van der Waals surface area contributed by atoms with E-state index < -0.39 is 16.1 Å². The van der Waals surface area contributed by atoms with E-state index in [1.54, 1.807) is 6.07 Å². The summed E-state index contributed by atoms with van der Waals surface area (Å²) in [5.74, 6) is -0.560. The maximum Gasteiger partial charge on any atom is 1.00 e. The predicted octanol–water partition coefficient (Wildman–Crippen LogP) is -2.22. The average Bonchev–Trinajstić information content (AvgIpc) is 2.25. The number of hydrogen-bond acceptors (Lipinski definition) is 5. The minimum atomic E-state index is -4.47. The van der Waals surface area contributed by atoms with Gasteiger partial charge in [0.15, 0.2) is 0 Å². The van der Waals surface area contributed by atoms with Crippen molar-refractivity contribution in [2.75, 3.05) is 7.11 Å². The summed E-state index contributed by atoms with van der Waals surface area (Å²) in [5, 5.41) is 0. The van der Waals surface area contributed by atoms with Crippen molar-refractivity contribution >= 4 is 22.2 Å². The molecule has 0 saturated carbocycles. The molecule has 0 unspecified atom stereocenters. The summed E-state index contributed by atoms with van der Waals surface area (Å²) in [4.78, 5) is 10.4. The first kappa shape index (κ1) is 16.3. The third-order valence-corrected chi connectivity index (χ3v) is 2.59. The number of esters is 1. The van der Waals surface area contributed by atoms with Gasteiger partial charge in [-0.2, -0.15) is 0 Å². The number of benzene rings is 1. The number of ether oxygens (including phenoxy) is 1. The van der Waals surface area contributed by atoms with Crippen LogP contribution in [0.25, 0.3) is 6.08 Å². The van der Waals surface area contributed by atoms with E-state index in [9.17, 15) is 17.8 Å². The van der Waals surface area contributed by atoms with Crippen molar-refractivity contribution in [1.82, 2.24) is 0 Å². The van der Waals surface area contributed by atoms with E-state index in [0.29, 0.717) is 5.56 Å². The van der Waals surface area contributed by atoms with Gasteiger partial charge in [0.1, 0.15) is 10.1 Å². The van der Waals surface area contributed by atoms with E-state index in [-0.39, 0.29) is 34.5 Å². The van der Waals surface area contributed by atoms with Gasteiger partial charge in [0, 0.05) is 6.08 Å². The molecule has 1 aromatic carbocycles. The molecule has 5 nitrogen and oxygen atoms in total. The molecule has 0 atom stereocenters. The van der Waals surface area contributed by atoms with Crippen LogP contribution in [0.2, 0.25) is 0 Å². The normalized spacial score (nSPS) is 10.9. The Hall–Kier alpha value is -0.660. The van der Waals surface area contributed by atoms with Gasteiger partial charge in [-0.3, -0.25) is 0 Å². The number of methoxy groups -OCH3 is 1. The molecule has 86 valence electrons. The SMILES string of the molecule is COC(=O)C=Cc1cccc(S(=O)(=O)[O-])c1.[Na+]. The standard InChI is InChI=1S/C10H10O5S.Na/c1-15-10(11)6-5-8-3-2-4-9(7-8)16(12,13)14;/h2-7H,1H3,(H,12,13,14);/q;+1/p-1. The first-order valence-electron chi connectivity index (χ1n) is 4.25.